The fraction of sp³-hybridized carbons (Fsp3) is 0.0909. The molecule has 0 heterocycles. The summed E-state index contributed by atoms with van der Waals surface area (Å²) in [6.45, 7) is 5.50. The average molecular weight is 429 g/mol. The molecule has 0 unspecified atom stereocenters. The van der Waals surface area contributed by atoms with E-state index in [1.807, 2.05) is 6.92 Å². The zero-order chi connectivity index (χ0) is 21.1. The van der Waals surface area contributed by atoms with Crippen LogP contribution in [0.15, 0.2) is 105 Å². The molecular weight excluding hydrogens is 408 g/mol. The first-order chi connectivity index (χ1) is 13.8. The normalized spacial score (nSPS) is 11.8. The van der Waals surface area contributed by atoms with Gasteiger partial charge < -0.3 is 4.74 Å². The van der Waals surface area contributed by atoms with Crippen molar-refractivity contribution in [2.45, 2.75) is 26.5 Å². The van der Waals surface area contributed by atoms with Crippen LogP contribution in [0.2, 0.25) is 0 Å². The van der Waals surface area contributed by atoms with Crippen molar-refractivity contribution in [3.8, 4) is 5.75 Å². The van der Waals surface area contributed by atoms with E-state index in [4.69, 9.17) is 4.74 Å². The highest BCUT2D eigenvalue weighted by atomic mass is 32.2. The Morgan fingerprint density at radius 3 is 2.00 bits per heavy atom. The van der Waals surface area contributed by atoms with Crippen LogP contribution in [-0.4, -0.2) is 23.4 Å². The maximum atomic E-state index is 13.2. The molecule has 0 fully saturated rings. The van der Waals surface area contributed by atoms with Crippen molar-refractivity contribution in [2.75, 3.05) is 6.61 Å². The Balaban J connectivity index is 2.19. The molecule has 5 nitrogen and oxygen atoms in total. The molecule has 0 aliphatic rings. The Labute approximate surface area is 171 Å². The molecule has 0 radical (unpaired) electrons. The summed E-state index contributed by atoms with van der Waals surface area (Å²) in [5, 5.41) is 0. The molecule has 0 saturated carbocycles. The monoisotopic (exact) mass is 428 g/mol. The lowest BCUT2D eigenvalue weighted by molar-refractivity contribution is 0.353. The van der Waals surface area contributed by atoms with Crippen LogP contribution in [0.25, 0.3) is 0 Å². The predicted molar refractivity (Wildman–Crippen MR) is 111 cm³/mol. The maximum absolute atomic E-state index is 13.2. The number of rotatable bonds is 7. The van der Waals surface area contributed by atoms with Gasteiger partial charge >= 0.3 is 0 Å². The second kappa shape index (κ2) is 8.23. The number of hydrogen-bond donors (Lipinski definition) is 0. The van der Waals surface area contributed by atoms with Crippen LogP contribution in [0, 0.1) is 6.92 Å². The highest BCUT2D eigenvalue weighted by molar-refractivity contribution is 7.92. The fourth-order valence-corrected chi connectivity index (χ4v) is 5.52. The summed E-state index contributed by atoms with van der Waals surface area (Å²) in [6.07, 6.45) is 1.48. The van der Waals surface area contributed by atoms with E-state index in [-0.39, 0.29) is 31.9 Å². The van der Waals surface area contributed by atoms with E-state index < -0.39 is 19.7 Å². The second-order valence-electron chi connectivity index (χ2n) is 6.34. The maximum Gasteiger partial charge on any atom is 0.210 e. The zero-order valence-corrected chi connectivity index (χ0v) is 17.4. The summed E-state index contributed by atoms with van der Waals surface area (Å²) in [5.74, 6) is 0.0671. The van der Waals surface area contributed by atoms with Gasteiger partial charge in [0.2, 0.25) is 19.7 Å². The summed E-state index contributed by atoms with van der Waals surface area (Å²) in [7, 11) is -7.89. The highest BCUT2D eigenvalue weighted by Gasteiger charge is 2.26. The van der Waals surface area contributed by atoms with Gasteiger partial charge in [-0.2, -0.15) is 0 Å². The Bertz CT molecular complexity index is 1230. The quantitative estimate of drug-likeness (QED) is 0.527. The molecule has 0 N–H and O–H groups in total. The van der Waals surface area contributed by atoms with E-state index in [0.717, 1.165) is 11.6 Å². The minimum absolute atomic E-state index is 0.0563. The van der Waals surface area contributed by atoms with Gasteiger partial charge in [-0.1, -0.05) is 48.6 Å². The van der Waals surface area contributed by atoms with Crippen molar-refractivity contribution in [3.05, 3.63) is 91.0 Å². The van der Waals surface area contributed by atoms with Gasteiger partial charge in [-0.25, -0.2) is 16.8 Å². The molecule has 150 valence electrons. The van der Waals surface area contributed by atoms with Gasteiger partial charge in [-0.05, 0) is 49.4 Å². The second-order valence-corrected chi connectivity index (χ2v) is 10.2. The zero-order valence-electron chi connectivity index (χ0n) is 15.8. The lowest BCUT2D eigenvalue weighted by Gasteiger charge is -2.14. The fourth-order valence-electron chi connectivity index (χ4n) is 2.71. The first kappa shape index (κ1) is 20.8. The topological polar surface area (TPSA) is 77.5 Å². The Hall–Kier alpha value is -2.90. The van der Waals surface area contributed by atoms with Crippen LogP contribution in [0.1, 0.15) is 5.56 Å². The molecule has 3 rings (SSSR count). The number of benzene rings is 3. The first-order valence-electron chi connectivity index (χ1n) is 8.76. The molecule has 3 aromatic carbocycles. The molecule has 3 aromatic rings. The van der Waals surface area contributed by atoms with Crippen molar-refractivity contribution in [2.24, 2.45) is 0 Å². The van der Waals surface area contributed by atoms with E-state index in [2.05, 4.69) is 6.58 Å². The summed E-state index contributed by atoms with van der Waals surface area (Å²) >= 11 is 0. The van der Waals surface area contributed by atoms with Crippen LogP contribution in [-0.2, 0) is 19.7 Å². The van der Waals surface area contributed by atoms with Crippen LogP contribution in [0.3, 0.4) is 0 Å². The lowest BCUT2D eigenvalue weighted by Crippen LogP contribution is -2.09. The van der Waals surface area contributed by atoms with Crippen LogP contribution in [0.5, 0.6) is 5.75 Å². The van der Waals surface area contributed by atoms with E-state index in [1.165, 1.54) is 42.5 Å². The van der Waals surface area contributed by atoms with Crippen molar-refractivity contribution in [3.63, 3.8) is 0 Å². The van der Waals surface area contributed by atoms with Gasteiger partial charge in [0.05, 0.1) is 14.7 Å². The first-order valence-corrected chi connectivity index (χ1v) is 11.7. The molecule has 0 aromatic heterocycles. The van der Waals surface area contributed by atoms with Crippen LogP contribution < -0.4 is 4.74 Å². The number of hydrogen-bond acceptors (Lipinski definition) is 5. The van der Waals surface area contributed by atoms with Crippen LogP contribution >= 0.6 is 0 Å². The Morgan fingerprint density at radius 1 is 0.793 bits per heavy atom. The van der Waals surface area contributed by atoms with E-state index in [0.29, 0.717) is 0 Å². The summed E-state index contributed by atoms with van der Waals surface area (Å²) < 4.78 is 57.9. The third-order valence-electron chi connectivity index (χ3n) is 4.26. The number of aryl methyl sites for hydroxylation is 1. The van der Waals surface area contributed by atoms with Crippen molar-refractivity contribution in [1.82, 2.24) is 0 Å². The standard InChI is InChI=1S/C22H20O5S2/c1-3-15-27-21-14-13-20(28(23,24)18-7-5-4-6-8-18)16-22(21)29(25,26)19-11-9-17(2)10-12-19/h3-14,16H,1,15H2,2H3. The average Bonchev–Trinajstić information content (AvgIpc) is 2.73. The Morgan fingerprint density at radius 2 is 1.38 bits per heavy atom. The molecule has 0 bridgehead atoms. The van der Waals surface area contributed by atoms with Crippen molar-refractivity contribution < 1.29 is 21.6 Å². The lowest BCUT2D eigenvalue weighted by atomic mass is 10.2. The molecule has 7 heteroatoms. The smallest absolute Gasteiger partial charge is 0.210 e. The van der Waals surface area contributed by atoms with Crippen molar-refractivity contribution >= 4 is 19.7 Å². The molecular formula is C22H20O5S2. The molecule has 0 atom stereocenters. The van der Waals surface area contributed by atoms with Gasteiger partial charge in [0.15, 0.2) is 0 Å². The molecule has 0 aliphatic carbocycles. The third-order valence-corrected chi connectivity index (χ3v) is 7.81. The third kappa shape index (κ3) is 4.26. The molecule has 0 amide bonds. The van der Waals surface area contributed by atoms with Gasteiger partial charge in [-0.15, -0.1) is 0 Å². The number of sulfone groups is 2. The SMILES string of the molecule is C=CCOc1ccc(S(=O)(=O)c2ccccc2)cc1S(=O)(=O)c1ccc(C)cc1. The molecule has 29 heavy (non-hydrogen) atoms. The van der Waals surface area contributed by atoms with Gasteiger partial charge in [0.25, 0.3) is 0 Å². The Kier molecular flexibility index (Phi) is 5.91. The molecule has 0 aliphatic heterocycles. The minimum atomic E-state index is -4.01. The van der Waals surface area contributed by atoms with E-state index in [9.17, 15) is 16.8 Å². The van der Waals surface area contributed by atoms with Crippen molar-refractivity contribution in [1.29, 1.82) is 0 Å². The summed E-state index contributed by atoms with van der Waals surface area (Å²) in [4.78, 5) is -0.195. The van der Waals surface area contributed by atoms with E-state index >= 15 is 0 Å². The number of ether oxygens (including phenoxy) is 1. The summed E-state index contributed by atoms with van der Waals surface area (Å²) in [6, 6.07) is 18.0. The van der Waals surface area contributed by atoms with Gasteiger partial charge in [0, 0.05) is 0 Å². The molecule has 0 saturated heterocycles. The van der Waals surface area contributed by atoms with Gasteiger partial charge in [0.1, 0.15) is 17.3 Å². The van der Waals surface area contributed by atoms with Crippen LogP contribution in [0.4, 0.5) is 0 Å². The van der Waals surface area contributed by atoms with E-state index in [1.54, 1.807) is 30.3 Å². The molecule has 0 spiro atoms. The minimum Gasteiger partial charge on any atom is -0.488 e. The predicted octanol–water partition coefficient (Wildman–Crippen LogP) is 4.23. The highest BCUT2D eigenvalue weighted by Crippen LogP contribution is 2.33. The largest absolute Gasteiger partial charge is 0.488 e. The van der Waals surface area contributed by atoms with Gasteiger partial charge in [-0.3, -0.25) is 0 Å². The summed E-state index contributed by atoms with van der Waals surface area (Å²) in [5.41, 5.74) is 0.910.